The van der Waals surface area contributed by atoms with E-state index in [-0.39, 0.29) is 0 Å². The van der Waals surface area contributed by atoms with Crippen molar-refractivity contribution >= 4 is 5.69 Å². The summed E-state index contributed by atoms with van der Waals surface area (Å²) >= 11 is 0. The van der Waals surface area contributed by atoms with E-state index < -0.39 is 0 Å². The predicted molar refractivity (Wildman–Crippen MR) is 50.3 cm³/mol. The lowest BCUT2D eigenvalue weighted by molar-refractivity contribution is 0.420. The molecule has 1 N–H and O–H groups in total. The zero-order valence-corrected chi connectivity index (χ0v) is 7.10. The van der Waals surface area contributed by atoms with Crippen LogP contribution in [-0.4, -0.2) is 5.16 Å². The van der Waals surface area contributed by atoms with Gasteiger partial charge in [0, 0.05) is 6.54 Å². The van der Waals surface area contributed by atoms with E-state index in [1.54, 1.807) is 12.5 Å². The van der Waals surface area contributed by atoms with Gasteiger partial charge in [-0.25, -0.2) is 0 Å². The fraction of sp³-hybridized carbons (Fsp3) is 0.100. The van der Waals surface area contributed by atoms with E-state index in [4.69, 9.17) is 4.52 Å². The average Bonchev–Trinajstić information content (AvgIpc) is 2.69. The molecular formula is C10H10N2O. The largest absolute Gasteiger partial charge is 0.377 e. The first-order valence-electron chi connectivity index (χ1n) is 4.12. The van der Waals surface area contributed by atoms with Crippen LogP contribution in [0.2, 0.25) is 0 Å². The Bertz CT molecular complexity index is 342. The first-order chi connectivity index (χ1) is 6.45. The van der Waals surface area contributed by atoms with Gasteiger partial charge in [-0.3, -0.25) is 0 Å². The fourth-order valence-electron chi connectivity index (χ4n) is 1.09. The highest BCUT2D eigenvalue weighted by molar-refractivity contribution is 5.37. The molecule has 13 heavy (non-hydrogen) atoms. The Kier molecular flexibility index (Phi) is 2.27. The third-order valence-corrected chi connectivity index (χ3v) is 1.77. The van der Waals surface area contributed by atoms with Gasteiger partial charge in [0.2, 0.25) is 0 Å². The second kappa shape index (κ2) is 3.76. The van der Waals surface area contributed by atoms with Crippen molar-refractivity contribution < 1.29 is 4.52 Å². The van der Waals surface area contributed by atoms with Crippen molar-refractivity contribution in [3.05, 3.63) is 48.4 Å². The number of anilines is 1. The molecule has 0 fully saturated rings. The minimum atomic E-state index is 0.794. The number of aromatic nitrogens is 1. The summed E-state index contributed by atoms with van der Waals surface area (Å²) in [6, 6.07) is 10.2. The first-order valence-corrected chi connectivity index (χ1v) is 4.12. The SMILES string of the molecule is c1ccc(CNc2cnoc2)cc1. The second-order valence-electron chi connectivity index (χ2n) is 2.75. The van der Waals surface area contributed by atoms with Crippen molar-refractivity contribution in [1.29, 1.82) is 0 Å². The zero-order valence-electron chi connectivity index (χ0n) is 7.10. The standard InChI is InChI=1S/C10H10N2O/c1-2-4-9(5-3-1)6-11-10-7-12-13-8-10/h1-5,7-8,11H,6H2. The lowest BCUT2D eigenvalue weighted by atomic mass is 10.2. The van der Waals surface area contributed by atoms with E-state index in [9.17, 15) is 0 Å². The van der Waals surface area contributed by atoms with Gasteiger partial charge in [-0.15, -0.1) is 0 Å². The van der Waals surface area contributed by atoms with Crippen LogP contribution in [0.1, 0.15) is 5.56 Å². The molecule has 1 aromatic carbocycles. The Hall–Kier alpha value is -1.77. The van der Waals surface area contributed by atoms with Crippen molar-refractivity contribution in [3.8, 4) is 0 Å². The first kappa shape index (κ1) is 7.86. The zero-order chi connectivity index (χ0) is 8.93. The topological polar surface area (TPSA) is 38.1 Å². The van der Waals surface area contributed by atoms with Crippen LogP contribution in [0.4, 0.5) is 5.69 Å². The number of nitrogens with one attached hydrogen (secondary N) is 1. The van der Waals surface area contributed by atoms with Crippen molar-refractivity contribution in [1.82, 2.24) is 5.16 Å². The number of hydrogen-bond acceptors (Lipinski definition) is 3. The van der Waals surface area contributed by atoms with Gasteiger partial charge in [-0.1, -0.05) is 35.5 Å². The highest BCUT2D eigenvalue weighted by Crippen LogP contribution is 2.06. The molecule has 0 bridgehead atoms. The Balaban J connectivity index is 1.94. The molecule has 2 aromatic rings. The molecule has 0 amide bonds. The van der Waals surface area contributed by atoms with Crippen molar-refractivity contribution in [3.63, 3.8) is 0 Å². The highest BCUT2D eigenvalue weighted by Gasteiger charge is 1.93. The van der Waals surface area contributed by atoms with Crippen molar-refractivity contribution in [2.45, 2.75) is 6.54 Å². The Morgan fingerprint density at radius 3 is 2.77 bits per heavy atom. The summed E-state index contributed by atoms with van der Waals surface area (Å²) in [4.78, 5) is 0. The van der Waals surface area contributed by atoms with Crippen molar-refractivity contribution in [2.75, 3.05) is 5.32 Å². The van der Waals surface area contributed by atoms with E-state index in [2.05, 4.69) is 22.6 Å². The highest BCUT2D eigenvalue weighted by atomic mass is 16.5. The maximum Gasteiger partial charge on any atom is 0.146 e. The van der Waals surface area contributed by atoms with Gasteiger partial charge in [0.15, 0.2) is 0 Å². The van der Waals surface area contributed by atoms with E-state index in [1.807, 2.05) is 18.2 Å². The molecule has 0 atom stereocenters. The number of benzene rings is 1. The summed E-state index contributed by atoms with van der Waals surface area (Å²) in [5.41, 5.74) is 2.15. The van der Waals surface area contributed by atoms with Crippen LogP contribution in [-0.2, 0) is 6.54 Å². The van der Waals surface area contributed by atoms with Crippen molar-refractivity contribution in [2.24, 2.45) is 0 Å². The molecule has 3 heteroatoms. The Labute approximate surface area is 76.4 Å². The summed E-state index contributed by atoms with van der Waals surface area (Å²) in [6.07, 6.45) is 3.24. The number of nitrogens with zero attached hydrogens (tertiary/aromatic N) is 1. The molecule has 0 aliphatic heterocycles. The van der Waals surface area contributed by atoms with E-state index in [0.29, 0.717) is 0 Å². The molecule has 0 spiro atoms. The second-order valence-corrected chi connectivity index (χ2v) is 2.75. The molecule has 0 unspecified atom stereocenters. The summed E-state index contributed by atoms with van der Waals surface area (Å²) in [5, 5.41) is 6.78. The smallest absolute Gasteiger partial charge is 0.146 e. The Morgan fingerprint density at radius 1 is 1.23 bits per heavy atom. The molecule has 2 rings (SSSR count). The van der Waals surface area contributed by atoms with Gasteiger partial charge in [-0.2, -0.15) is 0 Å². The normalized spacial score (nSPS) is 9.85. The minimum absolute atomic E-state index is 0.794. The van der Waals surface area contributed by atoms with E-state index >= 15 is 0 Å². The summed E-state index contributed by atoms with van der Waals surface area (Å²) in [7, 11) is 0. The molecule has 66 valence electrons. The van der Waals surface area contributed by atoms with Gasteiger partial charge in [0.05, 0.1) is 11.9 Å². The molecule has 0 saturated heterocycles. The molecular weight excluding hydrogens is 164 g/mol. The Morgan fingerprint density at radius 2 is 2.08 bits per heavy atom. The molecule has 3 nitrogen and oxygen atoms in total. The maximum atomic E-state index is 4.69. The molecule has 1 heterocycles. The van der Waals surface area contributed by atoms with Crippen LogP contribution >= 0.6 is 0 Å². The summed E-state index contributed by atoms with van der Waals surface area (Å²) in [5.74, 6) is 0. The van der Waals surface area contributed by atoms with Gasteiger partial charge < -0.3 is 9.84 Å². The van der Waals surface area contributed by atoms with E-state index in [0.717, 1.165) is 12.2 Å². The molecule has 0 radical (unpaired) electrons. The van der Waals surface area contributed by atoms with Crippen LogP contribution in [0.3, 0.4) is 0 Å². The van der Waals surface area contributed by atoms with Gasteiger partial charge in [0.1, 0.15) is 6.26 Å². The molecule has 0 saturated carbocycles. The summed E-state index contributed by atoms with van der Waals surface area (Å²) < 4.78 is 4.69. The number of hydrogen-bond donors (Lipinski definition) is 1. The fourth-order valence-corrected chi connectivity index (χ4v) is 1.09. The van der Waals surface area contributed by atoms with Crippen LogP contribution in [0.25, 0.3) is 0 Å². The molecule has 0 aliphatic rings. The van der Waals surface area contributed by atoms with Crippen LogP contribution in [0, 0.1) is 0 Å². The van der Waals surface area contributed by atoms with Gasteiger partial charge in [0.25, 0.3) is 0 Å². The average molecular weight is 174 g/mol. The van der Waals surface area contributed by atoms with E-state index in [1.165, 1.54) is 5.56 Å². The lowest BCUT2D eigenvalue weighted by Crippen LogP contribution is -1.97. The van der Waals surface area contributed by atoms with Crippen LogP contribution in [0.15, 0.2) is 47.3 Å². The third kappa shape index (κ3) is 2.08. The maximum absolute atomic E-state index is 4.69. The predicted octanol–water partition coefficient (Wildman–Crippen LogP) is 2.29. The quantitative estimate of drug-likeness (QED) is 0.775. The van der Waals surface area contributed by atoms with Crippen LogP contribution in [0.5, 0.6) is 0 Å². The monoisotopic (exact) mass is 174 g/mol. The van der Waals surface area contributed by atoms with Gasteiger partial charge in [-0.05, 0) is 5.56 Å². The molecule has 1 aromatic heterocycles. The molecule has 0 aliphatic carbocycles. The number of rotatable bonds is 3. The van der Waals surface area contributed by atoms with Gasteiger partial charge >= 0.3 is 0 Å². The lowest BCUT2D eigenvalue weighted by Gasteiger charge is -2.01. The third-order valence-electron chi connectivity index (χ3n) is 1.77. The summed E-state index contributed by atoms with van der Waals surface area (Å²) in [6.45, 7) is 0.794. The minimum Gasteiger partial charge on any atom is -0.377 e. The van der Waals surface area contributed by atoms with Crippen LogP contribution < -0.4 is 5.32 Å².